The molecule has 0 aliphatic carbocycles. The second-order valence-electron chi connectivity index (χ2n) is 12.5. The molecular formula is C37H36N4O7. The molecule has 0 unspecified atom stereocenters. The Morgan fingerprint density at radius 1 is 0.792 bits per heavy atom. The zero-order chi connectivity index (χ0) is 33.4. The summed E-state index contributed by atoms with van der Waals surface area (Å²) in [4.78, 5) is 43.0. The van der Waals surface area contributed by atoms with Crippen molar-refractivity contribution in [3.63, 3.8) is 0 Å². The molecular weight excluding hydrogens is 612 g/mol. The molecule has 1 N–H and O–H groups in total. The Labute approximate surface area is 278 Å². The number of imide groups is 1. The Balaban J connectivity index is 1.11. The number of hydrogen-bond acceptors (Lipinski definition) is 9. The van der Waals surface area contributed by atoms with Gasteiger partial charge in [0.05, 0.1) is 40.6 Å². The minimum atomic E-state index is -0.759. The Hall–Kier alpha value is -4.94. The van der Waals surface area contributed by atoms with Crippen LogP contribution in [0.5, 0.6) is 0 Å². The molecule has 2 saturated heterocycles. The molecule has 4 atom stereocenters. The molecule has 0 spiro atoms. The summed E-state index contributed by atoms with van der Waals surface area (Å²) in [6.45, 7) is 5.86. The van der Waals surface area contributed by atoms with Gasteiger partial charge in [0.2, 0.25) is 0 Å². The second-order valence-corrected chi connectivity index (χ2v) is 12.5. The number of carbonyl (C=O) groups excluding carboxylic acids is 2. The van der Waals surface area contributed by atoms with Gasteiger partial charge in [-0.1, -0.05) is 55.5 Å². The maximum Gasteiger partial charge on any atom is 0.269 e. The molecule has 0 aromatic heterocycles. The number of carbonyl (C=O) groups is 2. The van der Waals surface area contributed by atoms with E-state index in [2.05, 4.69) is 16.7 Å². The van der Waals surface area contributed by atoms with Gasteiger partial charge in [0, 0.05) is 62.0 Å². The molecule has 0 saturated carbocycles. The van der Waals surface area contributed by atoms with Gasteiger partial charge in [0.15, 0.2) is 6.29 Å². The lowest BCUT2D eigenvalue weighted by atomic mass is 9.90. The Morgan fingerprint density at radius 2 is 1.46 bits per heavy atom. The van der Waals surface area contributed by atoms with Crippen LogP contribution in [0.25, 0.3) is 0 Å². The molecule has 3 aliphatic heterocycles. The number of anilines is 2. The zero-order valence-corrected chi connectivity index (χ0v) is 26.5. The number of nitro groups is 1. The summed E-state index contributed by atoms with van der Waals surface area (Å²) in [5, 5.41) is 20.7. The van der Waals surface area contributed by atoms with Gasteiger partial charge in [-0.05, 0) is 47.5 Å². The summed E-state index contributed by atoms with van der Waals surface area (Å²) in [6, 6.07) is 28.4. The van der Waals surface area contributed by atoms with Gasteiger partial charge in [-0.2, -0.15) is 0 Å². The normalized spacial score (nSPS) is 23.0. The Kier molecular flexibility index (Phi) is 8.76. The van der Waals surface area contributed by atoms with E-state index in [4.69, 9.17) is 9.47 Å². The lowest BCUT2D eigenvalue weighted by Gasteiger charge is -2.44. The highest BCUT2D eigenvalue weighted by atomic mass is 16.7. The van der Waals surface area contributed by atoms with Gasteiger partial charge in [0.25, 0.3) is 17.5 Å². The average molecular weight is 649 g/mol. The van der Waals surface area contributed by atoms with Gasteiger partial charge in [-0.25, -0.2) is 4.90 Å². The monoisotopic (exact) mass is 648 g/mol. The number of benzene rings is 4. The highest BCUT2D eigenvalue weighted by molar-refractivity contribution is 6.34. The molecule has 11 nitrogen and oxygen atoms in total. The number of ether oxygens (including phenoxy) is 2. The summed E-state index contributed by atoms with van der Waals surface area (Å²) >= 11 is 0. The number of hydrogen-bond donors (Lipinski definition) is 1. The van der Waals surface area contributed by atoms with Crippen LogP contribution in [0, 0.1) is 16.0 Å². The quantitative estimate of drug-likeness (QED) is 0.150. The van der Waals surface area contributed by atoms with E-state index in [9.17, 15) is 24.8 Å². The molecule has 246 valence electrons. The van der Waals surface area contributed by atoms with Crippen LogP contribution >= 0.6 is 0 Å². The minimum Gasteiger partial charge on any atom is -0.392 e. The van der Waals surface area contributed by atoms with Crippen molar-refractivity contribution < 1.29 is 29.1 Å². The molecule has 3 aliphatic rings. The average Bonchev–Trinajstić information content (AvgIpc) is 3.38. The molecule has 0 bridgehead atoms. The molecule has 4 aromatic carbocycles. The number of nitrogens with zero attached hydrogens (tertiary/aromatic N) is 4. The third-order valence-electron chi connectivity index (χ3n) is 9.55. The van der Waals surface area contributed by atoms with Crippen molar-refractivity contribution in [3.05, 3.63) is 135 Å². The predicted molar refractivity (Wildman–Crippen MR) is 179 cm³/mol. The number of amides is 2. The van der Waals surface area contributed by atoms with Crippen molar-refractivity contribution in [3.8, 4) is 0 Å². The molecule has 4 aromatic rings. The van der Waals surface area contributed by atoms with Gasteiger partial charge < -0.3 is 19.5 Å². The van der Waals surface area contributed by atoms with Crippen LogP contribution in [0.3, 0.4) is 0 Å². The van der Waals surface area contributed by atoms with Crippen LogP contribution < -0.4 is 9.80 Å². The van der Waals surface area contributed by atoms with E-state index in [0.717, 1.165) is 43.0 Å². The number of piperazine rings is 1. The lowest BCUT2D eigenvalue weighted by molar-refractivity contribution is -0.384. The lowest BCUT2D eigenvalue weighted by Crippen LogP contribution is -2.51. The Bertz CT molecular complexity index is 1790. The summed E-state index contributed by atoms with van der Waals surface area (Å²) in [5.41, 5.74) is 4.73. The number of non-ortho nitro benzene ring substituents is 1. The molecule has 7 rings (SSSR count). The first-order valence-electron chi connectivity index (χ1n) is 16.1. The van der Waals surface area contributed by atoms with Crippen LogP contribution in [0.4, 0.5) is 17.1 Å². The SMILES string of the molecule is C[C@@H]1[C@H](CN2CCN(c3ccc([N+](=O)[O-])cc3)CC2)O[C@H](c2cccc(N3C(=O)c4ccccc4C3=O)c2)O[C@@H]1c1ccc(CO)cc1. The molecule has 11 heteroatoms. The number of rotatable bonds is 8. The third-order valence-corrected chi connectivity index (χ3v) is 9.55. The topological polar surface area (TPSA) is 126 Å². The van der Waals surface area contributed by atoms with Gasteiger partial charge in [-0.15, -0.1) is 0 Å². The van der Waals surface area contributed by atoms with Crippen LogP contribution in [-0.2, 0) is 16.1 Å². The fourth-order valence-corrected chi connectivity index (χ4v) is 6.79. The molecule has 48 heavy (non-hydrogen) atoms. The van der Waals surface area contributed by atoms with Crippen LogP contribution in [0.1, 0.15) is 56.7 Å². The maximum atomic E-state index is 13.2. The zero-order valence-electron chi connectivity index (χ0n) is 26.5. The van der Waals surface area contributed by atoms with Crippen LogP contribution in [0.2, 0.25) is 0 Å². The maximum absolute atomic E-state index is 13.2. The summed E-state index contributed by atoms with van der Waals surface area (Å²) in [7, 11) is 0. The number of aliphatic hydroxyl groups is 1. The van der Waals surface area contributed by atoms with Crippen molar-refractivity contribution in [1.29, 1.82) is 0 Å². The van der Waals surface area contributed by atoms with E-state index >= 15 is 0 Å². The van der Waals surface area contributed by atoms with Crippen LogP contribution in [0.15, 0.2) is 97.1 Å². The first-order valence-corrected chi connectivity index (χ1v) is 16.1. The summed E-state index contributed by atoms with van der Waals surface area (Å²) in [6.07, 6.45) is -1.28. The first-order chi connectivity index (χ1) is 23.3. The molecule has 2 amide bonds. The van der Waals surface area contributed by atoms with Gasteiger partial charge in [-0.3, -0.25) is 24.6 Å². The molecule has 3 heterocycles. The van der Waals surface area contributed by atoms with E-state index in [1.807, 2.05) is 30.3 Å². The summed E-state index contributed by atoms with van der Waals surface area (Å²) in [5.74, 6) is -0.743. The van der Waals surface area contributed by atoms with E-state index in [1.54, 1.807) is 54.6 Å². The third kappa shape index (κ3) is 6.09. The first kappa shape index (κ1) is 31.6. The minimum absolute atomic E-state index is 0.0200. The predicted octanol–water partition coefficient (Wildman–Crippen LogP) is 5.50. The second kappa shape index (κ2) is 13.3. The van der Waals surface area contributed by atoms with Crippen LogP contribution in [-0.4, -0.2) is 65.6 Å². The van der Waals surface area contributed by atoms with Gasteiger partial charge >= 0.3 is 0 Å². The van der Waals surface area contributed by atoms with Gasteiger partial charge in [0.1, 0.15) is 0 Å². The van der Waals surface area contributed by atoms with E-state index in [-0.39, 0.29) is 47.2 Å². The van der Waals surface area contributed by atoms with E-state index in [0.29, 0.717) is 28.9 Å². The van der Waals surface area contributed by atoms with E-state index < -0.39 is 6.29 Å². The van der Waals surface area contributed by atoms with Crippen molar-refractivity contribution in [2.75, 3.05) is 42.5 Å². The number of nitro benzene ring substituents is 1. The van der Waals surface area contributed by atoms with Crippen molar-refractivity contribution >= 4 is 28.9 Å². The van der Waals surface area contributed by atoms with E-state index in [1.165, 1.54) is 17.0 Å². The molecule has 2 fully saturated rings. The number of fused-ring (bicyclic) bond motifs is 1. The van der Waals surface area contributed by atoms with Crippen molar-refractivity contribution in [2.45, 2.75) is 32.0 Å². The molecule has 0 radical (unpaired) electrons. The largest absolute Gasteiger partial charge is 0.392 e. The standard InChI is InChI=1S/C37H36N4O7/c1-24-33(22-38-17-19-39(20-18-38)28-13-15-29(16-14-28)41(45)46)47-37(48-34(24)26-11-9-25(23-42)10-12-26)27-5-4-6-30(21-27)40-35(43)31-7-2-3-8-32(31)36(40)44/h2-16,21,24,33-34,37,42H,17-20,22-23H2,1H3/t24-,33+,34+,37+/m1/s1. The summed E-state index contributed by atoms with van der Waals surface area (Å²) < 4.78 is 13.3. The Morgan fingerprint density at radius 3 is 2.08 bits per heavy atom. The van der Waals surface area contributed by atoms with Crippen molar-refractivity contribution in [1.82, 2.24) is 4.90 Å². The fraction of sp³-hybridized carbons (Fsp3) is 0.297. The smallest absolute Gasteiger partial charge is 0.269 e. The number of aliphatic hydroxyl groups excluding tert-OH is 1. The highest BCUT2D eigenvalue weighted by Gasteiger charge is 2.41. The highest BCUT2D eigenvalue weighted by Crippen LogP contribution is 2.43. The fourth-order valence-electron chi connectivity index (χ4n) is 6.79. The van der Waals surface area contributed by atoms with Crippen molar-refractivity contribution in [2.24, 2.45) is 5.92 Å².